The number of methoxy groups -OCH3 is 1. The maximum absolute atomic E-state index is 12.6. The summed E-state index contributed by atoms with van der Waals surface area (Å²) in [5.74, 6) is 1.49. The number of nitrogens with zero attached hydrogens (tertiary/aromatic N) is 4. The number of benzene rings is 1. The Morgan fingerprint density at radius 3 is 2.86 bits per heavy atom. The van der Waals surface area contributed by atoms with Crippen LogP contribution in [0, 0.1) is 0 Å². The Labute approximate surface area is 163 Å². The third kappa shape index (κ3) is 3.72. The number of hydrogen-bond donors (Lipinski definition) is 0. The van der Waals surface area contributed by atoms with E-state index in [4.69, 9.17) is 9.47 Å². The number of rotatable bonds is 5. The monoisotopic (exact) mass is 384 g/mol. The lowest BCUT2D eigenvalue weighted by molar-refractivity contribution is -0.134. The lowest BCUT2D eigenvalue weighted by Gasteiger charge is -2.44. The Hall–Kier alpha value is -2.90. The molecule has 1 saturated heterocycles. The molecule has 0 atom stereocenters. The van der Waals surface area contributed by atoms with E-state index < -0.39 is 5.60 Å². The Balaban J connectivity index is 1.34. The first kappa shape index (κ1) is 18.5. The molecule has 0 aliphatic carbocycles. The Morgan fingerprint density at radius 2 is 2.14 bits per heavy atom. The molecule has 28 heavy (non-hydrogen) atoms. The van der Waals surface area contributed by atoms with Crippen molar-refractivity contribution in [3.8, 4) is 11.5 Å². The minimum atomic E-state index is -0.520. The van der Waals surface area contributed by atoms with Crippen LogP contribution in [0.5, 0.6) is 11.5 Å². The third-order valence-corrected chi connectivity index (χ3v) is 5.57. The Bertz CT molecular complexity index is 857. The largest absolute Gasteiger partial charge is 0.497 e. The number of Topliss-reactive ketones (excluding diaryl/α,β-unsaturated/α-hetero) is 1. The molecule has 0 unspecified atom stereocenters. The maximum atomic E-state index is 12.6. The number of aryl methyl sites for hydroxylation is 1. The minimum Gasteiger partial charge on any atom is -0.497 e. The molecule has 0 N–H and O–H groups in total. The predicted octanol–water partition coefficient (Wildman–Crippen LogP) is 2.09. The fraction of sp³-hybridized carbons (Fsp3) is 0.500. The van der Waals surface area contributed by atoms with Gasteiger partial charge in [-0.3, -0.25) is 14.3 Å². The van der Waals surface area contributed by atoms with Crippen molar-refractivity contribution in [2.45, 2.75) is 44.2 Å². The molecule has 1 aromatic carbocycles. The van der Waals surface area contributed by atoms with Gasteiger partial charge >= 0.3 is 0 Å². The first-order valence-electron chi connectivity index (χ1n) is 9.59. The van der Waals surface area contributed by atoms with Gasteiger partial charge in [-0.2, -0.15) is 5.10 Å². The van der Waals surface area contributed by atoms with Gasteiger partial charge < -0.3 is 14.4 Å². The van der Waals surface area contributed by atoms with Crippen LogP contribution in [0.2, 0.25) is 0 Å². The maximum Gasteiger partial charge on any atom is 0.222 e. The van der Waals surface area contributed by atoms with Crippen LogP contribution >= 0.6 is 0 Å². The topological polar surface area (TPSA) is 86.6 Å². The van der Waals surface area contributed by atoms with Gasteiger partial charge in [-0.05, 0) is 18.6 Å². The number of hydrogen-bond acceptors (Lipinski definition) is 6. The number of ketones is 1. The van der Waals surface area contributed by atoms with Crippen LogP contribution in [0.1, 0.15) is 42.5 Å². The van der Waals surface area contributed by atoms with Crippen LogP contribution in [-0.4, -0.2) is 57.2 Å². The van der Waals surface area contributed by atoms with Gasteiger partial charge in [-0.15, -0.1) is 0 Å². The summed E-state index contributed by atoms with van der Waals surface area (Å²) in [4.78, 5) is 30.9. The van der Waals surface area contributed by atoms with Crippen LogP contribution in [0.25, 0.3) is 0 Å². The number of ether oxygens (including phenoxy) is 2. The fourth-order valence-corrected chi connectivity index (χ4v) is 3.94. The van der Waals surface area contributed by atoms with Gasteiger partial charge in [0.05, 0.1) is 19.1 Å². The van der Waals surface area contributed by atoms with Crippen LogP contribution < -0.4 is 9.47 Å². The number of carbonyl (C=O) groups is 2. The number of piperidine rings is 1. The number of likely N-dealkylation sites (tertiary alicyclic amines) is 1. The van der Waals surface area contributed by atoms with Gasteiger partial charge in [0.2, 0.25) is 5.91 Å². The molecule has 2 aromatic rings. The summed E-state index contributed by atoms with van der Waals surface area (Å²) in [6, 6.07) is 5.31. The SMILES string of the molecule is COc1ccc2c(c1)OC1(CCN(C(=O)CCCn3cncn3)CC1)CC2=O. The number of amides is 1. The molecule has 8 heteroatoms. The van der Waals surface area contributed by atoms with E-state index in [9.17, 15) is 9.59 Å². The molecule has 2 aliphatic heterocycles. The van der Waals surface area contributed by atoms with Crippen LogP contribution in [-0.2, 0) is 11.3 Å². The van der Waals surface area contributed by atoms with Crippen molar-refractivity contribution in [3.63, 3.8) is 0 Å². The zero-order valence-corrected chi connectivity index (χ0v) is 16.0. The van der Waals surface area contributed by atoms with Crippen molar-refractivity contribution in [3.05, 3.63) is 36.4 Å². The number of fused-ring (bicyclic) bond motifs is 1. The summed E-state index contributed by atoms with van der Waals surface area (Å²) in [5, 5.41) is 4.04. The molecular weight excluding hydrogens is 360 g/mol. The van der Waals surface area contributed by atoms with Crippen molar-refractivity contribution in [2.75, 3.05) is 20.2 Å². The van der Waals surface area contributed by atoms with Crippen LogP contribution in [0.4, 0.5) is 0 Å². The van der Waals surface area contributed by atoms with E-state index >= 15 is 0 Å². The first-order chi connectivity index (χ1) is 13.6. The van der Waals surface area contributed by atoms with E-state index in [2.05, 4.69) is 10.1 Å². The second-order valence-corrected chi connectivity index (χ2v) is 7.39. The van der Waals surface area contributed by atoms with Gasteiger partial charge in [0.15, 0.2) is 5.78 Å². The van der Waals surface area contributed by atoms with Gasteiger partial charge in [-0.25, -0.2) is 4.98 Å². The molecule has 1 spiro atoms. The van der Waals surface area contributed by atoms with Gasteiger partial charge in [0.25, 0.3) is 0 Å². The summed E-state index contributed by atoms with van der Waals surface area (Å²) in [7, 11) is 1.59. The molecular formula is C20H24N4O4. The Kier molecular flexibility index (Phi) is 5.02. The van der Waals surface area contributed by atoms with Crippen LogP contribution in [0.15, 0.2) is 30.9 Å². The van der Waals surface area contributed by atoms with Gasteiger partial charge in [0, 0.05) is 45.0 Å². The van der Waals surface area contributed by atoms with E-state index in [1.807, 2.05) is 4.90 Å². The van der Waals surface area contributed by atoms with Crippen molar-refractivity contribution < 1.29 is 19.1 Å². The van der Waals surface area contributed by atoms with E-state index in [0.717, 1.165) is 6.42 Å². The highest BCUT2D eigenvalue weighted by Gasteiger charge is 2.43. The third-order valence-electron chi connectivity index (χ3n) is 5.57. The van der Waals surface area contributed by atoms with E-state index in [0.29, 0.717) is 62.4 Å². The number of carbonyl (C=O) groups excluding carboxylic acids is 2. The highest BCUT2D eigenvalue weighted by molar-refractivity contribution is 6.00. The molecule has 148 valence electrons. The smallest absolute Gasteiger partial charge is 0.222 e. The molecule has 0 bridgehead atoms. The lowest BCUT2D eigenvalue weighted by Crippen LogP contribution is -2.52. The normalized spacial score (nSPS) is 17.9. The second-order valence-electron chi connectivity index (χ2n) is 7.39. The summed E-state index contributed by atoms with van der Waals surface area (Å²) < 4.78 is 13.3. The van der Waals surface area contributed by atoms with Crippen molar-refractivity contribution in [2.24, 2.45) is 0 Å². The average Bonchev–Trinajstić information content (AvgIpc) is 3.21. The highest BCUT2D eigenvalue weighted by Crippen LogP contribution is 2.40. The summed E-state index contributed by atoms with van der Waals surface area (Å²) in [5.41, 5.74) is 0.0894. The zero-order chi connectivity index (χ0) is 19.6. The van der Waals surface area contributed by atoms with Crippen molar-refractivity contribution in [1.29, 1.82) is 0 Å². The van der Waals surface area contributed by atoms with Crippen molar-refractivity contribution in [1.82, 2.24) is 19.7 Å². The van der Waals surface area contributed by atoms with E-state index in [1.54, 1.807) is 36.3 Å². The molecule has 1 amide bonds. The Morgan fingerprint density at radius 1 is 1.32 bits per heavy atom. The molecule has 3 heterocycles. The molecule has 1 fully saturated rings. The molecule has 0 saturated carbocycles. The summed E-state index contributed by atoms with van der Waals surface area (Å²) in [6.07, 6.45) is 6.03. The minimum absolute atomic E-state index is 0.0940. The highest BCUT2D eigenvalue weighted by atomic mass is 16.5. The van der Waals surface area contributed by atoms with Crippen LogP contribution in [0.3, 0.4) is 0 Å². The first-order valence-corrected chi connectivity index (χ1v) is 9.59. The predicted molar refractivity (Wildman–Crippen MR) is 100 cm³/mol. The zero-order valence-electron chi connectivity index (χ0n) is 16.0. The molecule has 2 aliphatic rings. The van der Waals surface area contributed by atoms with Gasteiger partial charge in [0.1, 0.15) is 29.8 Å². The second kappa shape index (κ2) is 7.61. The van der Waals surface area contributed by atoms with E-state index in [1.165, 1.54) is 6.33 Å². The number of aromatic nitrogens is 3. The fourth-order valence-electron chi connectivity index (χ4n) is 3.94. The standard InChI is InChI=1S/C20H24N4O4/c1-27-15-4-5-16-17(25)12-20(28-18(16)11-15)6-9-23(10-7-20)19(26)3-2-8-24-14-21-13-22-24/h4-5,11,13-14H,2-3,6-10,12H2,1H3. The summed E-state index contributed by atoms with van der Waals surface area (Å²) >= 11 is 0. The molecule has 8 nitrogen and oxygen atoms in total. The van der Waals surface area contributed by atoms with E-state index in [-0.39, 0.29) is 11.7 Å². The average molecular weight is 384 g/mol. The quantitative estimate of drug-likeness (QED) is 0.785. The lowest BCUT2D eigenvalue weighted by atomic mass is 9.82. The molecule has 0 radical (unpaired) electrons. The molecule has 1 aromatic heterocycles. The van der Waals surface area contributed by atoms with Gasteiger partial charge in [-0.1, -0.05) is 0 Å². The molecule has 4 rings (SSSR count). The summed E-state index contributed by atoms with van der Waals surface area (Å²) in [6.45, 7) is 1.89. The van der Waals surface area contributed by atoms with Crippen molar-refractivity contribution >= 4 is 11.7 Å².